The van der Waals surface area contributed by atoms with Crippen molar-refractivity contribution in [3.63, 3.8) is 0 Å². The zero-order valence-electron chi connectivity index (χ0n) is 7.21. The lowest BCUT2D eigenvalue weighted by molar-refractivity contribution is 0.0598. The van der Waals surface area contributed by atoms with Crippen molar-refractivity contribution in [2.45, 2.75) is 11.1 Å². The minimum atomic E-state index is -0.247. The molecule has 0 saturated heterocycles. The van der Waals surface area contributed by atoms with Gasteiger partial charge in [0.2, 0.25) is 0 Å². The van der Waals surface area contributed by atoms with Crippen molar-refractivity contribution in [3.8, 4) is 0 Å². The first-order valence-corrected chi connectivity index (χ1v) is 5.46. The summed E-state index contributed by atoms with van der Waals surface area (Å²) in [6.45, 7) is 1.98. The Balaban J connectivity index is 3.04. The number of rotatable bonds is 2. The third-order valence-corrected chi connectivity index (χ3v) is 3.60. The number of methoxy groups -OCH3 is 1. The molecule has 0 N–H and O–H groups in total. The number of thioether (sulfide) groups is 1. The van der Waals surface area contributed by atoms with Crippen molar-refractivity contribution in [1.82, 2.24) is 0 Å². The van der Waals surface area contributed by atoms with Gasteiger partial charge >= 0.3 is 5.97 Å². The molecular weight excluding hydrogens is 192 g/mol. The first-order chi connectivity index (χ1) is 5.69. The lowest BCUT2D eigenvalue weighted by Gasteiger charge is -1.96. The van der Waals surface area contributed by atoms with Crippen LogP contribution < -0.4 is 0 Å². The summed E-state index contributed by atoms with van der Waals surface area (Å²) in [5.74, 6) is -0.247. The van der Waals surface area contributed by atoms with E-state index in [0.717, 1.165) is 9.09 Å². The number of thiophene rings is 1. The molecule has 4 heteroatoms. The Bertz CT molecular complexity index is 291. The molecule has 0 unspecified atom stereocenters. The van der Waals surface area contributed by atoms with Crippen LogP contribution in [0.1, 0.15) is 15.2 Å². The van der Waals surface area contributed by atoms with Crippen LogP contribution in [0, 0.1) is 6.92 Å². The van der Waals surface area contributed by atoms with E-state index in [9.17, 15) is 4.79 Å². The molecule has 12 heavy (non-hydrogen) atoms. The Morgan fingerprint density at radius 3 is 2.83 bits per heavy atom. The van der Waals surface area contributed by atoms with E-state index in [1.807, 2.05) is 19.2 Å². The lowest BCUT2D eigenvalue weighted by atomic mass is 10.3. The number of aryl methyl sites for hydroxylation is 1. The molecule has 0 aliphatic rings. The molecule has 0 amide bonds. The largest absolute Gasteiger partial charge is 0.465 e. The van der Waals surface area contributed by atoms with E-state index in [4.69, 9.17) is 0 Å². The summed E-state index contributed by atoms with van der Waals surface area (Å²) in [6.07, 6.45) is 1.96. The van der Waals surface area contributed by atoms with Gasteiger partial charge in [-0.25, -0.2) is 4.79 Å². The monoisotopic (exact) mass is 202 g/mol. The van der Waals surface area contributed by atoms with Crippen molar-refractivity contribution < 1.29 is 9.53 Å². The quantitative estimate of drug-likeness (QED) is 0.544. The first kappa shape index (κ1) is 9.61. The predicted octanol–water partition coefficient (Wildman–Crippen LogP) is 2.57. The molecule has 0 bridgehead atoms. The molecule has 66 valence electrons. The Kier molecular flexibility index (Phi) is 3.17. The molecule has 0 radical (unpaired) electrons. The first-order valence-electron chi connectivity index (χ1n) is 3.41. The predicted molar refractivity (Wildman–Crippen MR) is 52.2 cm³/mol. The number of carbonyl (C=O) groups excluding carboxylic acids is 1. The highest BCUT2D eigenvalue weighted by Crippen LogP contribution is 2.30. The van der Waals surface area contributed by atoms with Crippen LogP contribution in [0.25, 0.3) is 0 Å². The van der Waals surface area contributed by atoms with Gasteiger partial charge < -0.3 is 4.74 Å². The van der Waals surface area contributed by atoms with E-state index in [2.05, 4.69) is 4.74 Å². The van der Waals surface area contributed by atoms with Gasteiger partial charge in [0, 0.05) is 4.88 Å². The second kappa shape index (κ2) is 3.96. The van der Waals surface area contributed by atoms with E-state index in [0.29, 0.717) is 5.56 Å². The van der Waals surface area contributed by atoms with Gasteiger partial charge in [-0.15, -0.1) is 23.1 Å². The second-order valence-corrected chi connectivity index (χ2v) is 4.59. The summed E-state index contributed by atoms with van der Waals surface area (Å²) in [6, 6.07) is 1.86. The number of ether oxygens (including phenoxy) is 1. The molecule has 0 aromatic carbocycles. The van der Waals surface area contributed by atoms with Gasteiger partial charge in [0.05, 0.1) is 16.9 Å². The summed E-state index contributed by atoms with van der Waals surface area (Å²) in [5, 5.41) is 0. The van der Waals surface area contributed by atoms with Crippen LogP contribution in [0.2, 0.25) is 0 Å². The molecule has 0 fully saturated rings. The molecule has 1 aromatic rings. The smallest absolute Gasteiger partial charge is 0.339 e. The maximum atomic E-state index is 11.2. The summed E-state index contributed by atoms with van der Waals surface area (Å²) < 4.78 is 5.67. The average molecular weight is 202 g/mol. The van der Waals surface area contributed by atoms with Crippen molar-refractivity contribution in [1.29, 1.82) is 0 Å². The standard InChI is InChI=1S/C8H10O2S2/c1-5-4-6(7(9)10-2)8(11-3)12-5/h4H,1-3H3. The molecule has 0 saturated carbocycles. The fraction of sp³-hybridized carbons (Fsp3) is 0.375. The number of hydrogen-bond donors (Lipinski definition) is 0. The minimum absolute atomic E-state index is 0.247. The highest BCUT2D eigenvalue weighted by molar-refractivity contribution is 8.00. The maximum absolute atomic E-state index is 11.2. The molecular formula is C8H10O2S2. The van der Waals surface area contributed by atoms with E-state index in [1.165, 1.54) is 7.11 Å². The Morgan fingerprint density at radius 2 is 2.33 bits per heavy atom. The van der Waals surface area contributed by atoms with Gasteiger partial charge in [-0.1, -0.05) is 0 Å². The minimum Gasteiger partial charge on any atom is -0.465 e. The molecule has 0 spiro atoms. The Hall–Kier alpha value is -0.480. The van der Waals surface area contributed by atoms with Crippen molar-refractivity contribution in [3.05, 3.63) is 16.5 Å². The van der Waals surface area contributed by atoms with Gasteiger partial charge in [-0.2, -0.15) is 0 Å². The fourth-order valence-electron chi connectivity index (χ4n) is 0.897. The van der Waals surface area contributed by atoms with E-state index in [-0.39, 0.29) is 5.97 Å². The van der Waals surface area contributed by atoms with Crippen LogP contribution in [0.4, 0.5) is 0 Å². The van der Waals surface area contributed by atoms with Gasteiger partial charge in [-0.3, -0.25) is 0 Å². The zero-order chi connectivity index (χ0) is 9.14. The molecule has 2 nitrogen and oxygen atoms in total. The third kappa shape index (κ3) is 1.81. The Morgan fingerprint density at radius 1 is 1.67 bits per heavy atom. The van der Waals surface area contributed by atoms with Crippen LogP contribution >= 0.6 is 23.1 Å². The van der Waals surface area contributed by atoms with Crippen molar-refractivity contribution in [2.24, 2.45) is 0 Å². The van der Waals surface area contributed by atoms with Gasteiger partial charge in [0.1, 0.15) is 0 Å². The summed E-state index contributed by atoms with van der Waals surface area (Å²) >= 11 is 3.20. The van der Waals surface area contributed by atoms with Gasteiger partial charge in [0.25, 0.3) is 0 Å². The van der Waals surface area contributed by atoms with E-state index >= 15 is 0 Å². The summed E-state index contributed by atoms with van der Waals surface area (Å²) in [5.41, 5.74) is 0.688. The maximum Gasteiger partial charge on any atom is 0.339 e. The molecule has 1 heterocycles. The van der Waals surface area contributed by atoms with Crippen molar-refractivity contribution >= 4 is 29.1 Å². The molecule has 1 aromatic heterocycles. The number of carbonyl (C=O) groups is 1. The molecule has 0 aliphatic heterocycles. The SMILES string of the molecule is COC(=O)c1cc(C)sc1SC. The van der Waals surface area contributed by atoms with Crippen LogP contribution in [0.3, 0.4) is 0 Å². The number of esters is 1. The van der Waals surface area contributed by atoms with E-state index in [1.54, 1.807) is 23.1 Å². The highest BCUT2D eigenvalue weighted by Gasteiger charge is 2.13. The van der Waals surface area contributed by atoms with Gasteiger partial charge in [-0.05, 0) is 19.2 Å². The number of hydrogen-bond acceptors (Lipinski definition) is 4. The second-order valence-electron chi connectivity index (χ2n) is 2.25. The fourth-order valence-corrected chi connectivity index (χ4v) is 2.71. The molecule has 1 rings (SSSR count). The van der Waals surface area contributed by atoms with Crippen LogP contribution in [-0.4, -0.2) is 19.3 Å². The molecule has 0 atom stereocenters. The zero-order valence-corrected chi connectivity index (χ0v) is 8.84. The molecule has 0 aliphatic carbocycles. The highest BCUT2D eigenvalue weighted by atomic mass is 32.2. The summed E-state index contributed by atoms with van der Waals surface area (Å²) in [7, 11) is 1.40. The van der Waals surface area contributed by atoms with Crippen molar-refractivity contribution in [2.75, 3.05) is 13.4 Å². The van der Waals surface area contributed by atoms with Gasteiger partial charge in [0.15, 0.2) is 0 Å². The normalized spacial score (nSPS) is 9.92. The topological polar surface area (TPSA) is 26.3 Å². The van der Waals surface area contributed by atoms with Crippen LogP contribution in [-0.2, 0) is 4.74 Å². The van der Waals surface area contributed by atoms with E-state index < -0.39 is 0 Å². The summed E-state index contributed by atoms with van der Waals surface area (Å²) in [4.78, 5) is 12.3. The third-order valence-electron chi connectivity index (χ3n) is 1.41. The lowest BCUT2D eigenvalue weighted by Crippen LogP contribution is -1.99. The Labute approximate surface area is 79.9 Å². The van der Waals surface area contributed by atoms with Crippen LogP contribution in [0.5, 0.6) is 0 Å². The average Bonchev–Trinajstić information content (AvgIpc) is 2.45. The van der Waals surface area contributed by atoms with Crippen LogP contribution in [0.15, 0.2) is 10.3 Å².